The maximum Gasteiger partial charge on any atom is 0.222 e. The Morgan fingerprint density at radius 3 is 2.89 bits per heavy atom. The highest BCUT2D eigenvalue weighted by Gasteiger charge is 2.43. The van der Waals surface area contributed by atoms with Crippen LogP contribution in [-0.2, 0) is 4.79 Å². The van der Waals surface area contributed by atoms with Crippen molar-refractivity contribution in [3.05, 3.63) is 5.51 Å². The fourth-order valence-corrected chi connectivity index (χ4v) is 4.18. The van der Waals surface area contributed by atoms with Gasteiger partial charge in [-0.15, -0.1) is 10.2 Å². The van der Waals surface area contributed by atoms with E-state index >= 15 is 0 Å². The summed E-state index contributed by atoms with van der Waals surface area (Å²) in [4.78, 5) is 14.1. The predicted octanol–water partition coefficient (Wildman–Crippen LogP) is 1.67. The van der Waals surface area contributed by atoms with E-state index in [1.54, 1.807) is 23.9 Å². The third-order valence-electron chi connectivity index (χ3n) is 4.76. The minimum absolute atomic E-state index is 0.225. The lowest BCUT2D eigenvalue weighted by atomic mass is 9.76. The lowest BCUT2D eigenvalue weighted by Crippen LogP contribution is -2.39. The Hall–Kier alpha value is -1.17. The van der Waals surface area contributed by atoms with E-state index in [2.05, 4.69) is 20.4 Å². The molecule has 1 saturated carbocycles. The Kier molecular flexibility index (Phi) is 3.43. The molecule has 0 aromatic carbocycles. The van der Waals surface area contributed by atoms with Gasteiger partial charge in [-0.2, -0.15) is 0 Å². The van der Waals surface area contributed by atoms with Gasteiger partial charge in [-0.25, -0.2) is 0 Å². The molecule has 104 valence electrons. The number of nitrogens with one attached hydrogen (secondary N) is 1. The lowest BCUT2D eigenvalue weighted by molar-refractivity contribution is -0.124. The monoisotopic (exact) mass is 280 g/mol. The number of hydrogen-bond donors (Lipinski definition) is 1. The van der Waals surface area contributed by atoms with Crippen molar-refractivity contribution in [3.63, 3.8) is 0 Å². The van der Waals surface area contributed by atoms with Gasteiger partial charge >= 0.3 is 0 Å². The highest BCUT2D eigenvalue weighted by molar-refractivity contribution is 7.13. The lowest BCUT2D eigenvalue weighted by Gasteiger charge is -2.39. The SMILES string of the molecule is CNC(=O)[C@H]1CCC2(CCN(c3nncs3)CC2)C1. The fourth-order valence-electron chi connectivity index (χ4n) is 3.57. The molecule has 0 radical (unpaired) electrons. The van der Waals surface area contributed by atoms with E-state index in [0.29, 0.717) is 5.41 Å². The second-order valence-corrected chi connectivity index (χ2v) is 6.57. The maximum absolute atomic E-state index is 11.8. The molecule has 1 spiro atoms. The summed E-state index contributed by atoms with van der Waals surface area (Å²) in [5, 5.41) is 11.9. The summed E-state index contributed by atoms with van der Waals surface area (Å²) in [6.07, 6.45) is 5.68. The zero-order chi connectivity index (χ0) is 13.3. The molecule has 1 saturated heterocycles. The Morgan fingerprint density at radius 1 is 1.47 bits per heavy atom. The van der Waals surface area contributed by atoms with Crippen LogP contribution in [0.3, 0.4) is 0 Å². The van der Waals surface area contributed by atoms with Crippen molar-refractivity contribution >= 4 is 22.4 Å². The number of rotatable bonds is 2. The average Bonchev–Trinajstić information content (AvgIpc) is 3.09. The van der Waals surface area contributed by atoms with Gasteiger partial charge in [-0.05, 0) is 37.5 Å². The van der Waals surface area contributed by atoms with Crippen LogP contribution in [0.15, 0.2) is 5.51 Å². The number of anilines is 1. The molecule has 1 aliphatic heterocycles. The Morgan fingerprint density at radius 2 is 2.26 bits per heavy atom. The van der Waals surface area contributed by atoms with E-state index in [1.807, 2.05) is 0 Å². The summed E-state index contributed by atoms with van der Waals surface area (Å²) < 4.78 is 0. The molecule has 2 aliphatic rings. The van der Waals surface area contributed by atoms with Gasteiger partial charge in [0.05, 0.1) is 0 Å². The summed E-state index contributed by atoms with van der Waals surface area (Å²) in [7, 11) is 1.74. The standard InChI is InChI=1S/C13H20N4OS/c1-14-11(18)10-2-3-13(8-10)4-6-17(7-5-13)12-16-15-9-19-12/h9-10H,2-8H2,1H3,(H,14,18)/t10-/m0/s1. The topological polar surface area (TPSA) is 58.1 Å². The van der Waals surface area contributed by atoms with Crippen molar-refractivity contribution in [1.29, 1.82) is 0 Å². The molecule has 5 nitrogen and oxygen atoms in total. The average molecular weight is 280 g/mol. The Labute approximate surface area is 117 Å². The zero-order valence-electron chi connectivity index (χ0n) is 11.3. The van der Waals surface area contributed by atoms with E-state index < -0.39 is 0 Å². The first kappa shape index (κ1) is 12.8. The van der Waals surface area contributed by atoms with Crippen LogP contribution in [0.4, 0.5) is 5.13 Å². The van der Waals surface area contributed by atoms with Crippen molar-refractivity contribution in [2.45, 2.75) is 32.1 Å². The number of hydrogen-bond acceptors (Lipinski definition) is 5. The molecular weight excluding hydrogens is 260 g/mol. The van der Waals surface area contributed by atoms with E-state index in [-0.39, 0.29) is 11.8 Å². The molecule has 2 heterocycles. The van der Waals surface area contributed by atoms with Crippen molar-refractivity contribution in [2.24, 2.45) is 11.3 Å². The molecule has 1 atom stereocenters. The van der Waals surface area contributed by atoms with Crippen LogP contribution in [0, 0.1) is 11.3 Å². The first-order valence-electron chi connectivity index (χ1n) is 6.95. The van der Waals surface area contributed by atoms with Crippen LogP contribution < -0.4 is 10.2 Å². The molecule has 1 amide bonds. The largest absolute Gasteiger partial charge is 0.359 e. The van der Waals surface area contributed by atoms with Crippen molar-refractivity contribution in [1.82, 2.24) is 15.5 Å². The molecule has 2 fully saturated rings. The summed E-state index contributed by atoms with van der Waals surface area (Å²) in [6, 6.07) is 0. The van der Waals surface area contributed by atoms with Gasteiger partial charge in [0.15, 0.2) is 0 Å². The van der Waals surface area contributed by atoms with E-state index in [9.17, 15) is 4.79 Å². The zero-order valence-corrected chi connectivity index (χ0v) is 12.1. The normalized spacial score (nSPS) is 25.7. The van der Waals surface area contributed by atoms with Gasteiger partial charge in [0.2, 0.25) is 11.0 Å². The van der Waals surface area contributed by atoms with Crippen LogP contribution in [0.1, 0.15) is 32.1 Å². The van der Waals surface area contributed by atoms with Gasteiger partial charge < -0.3 is 10.2 Å². The van der Waals surface area contributed by atoms with Crippen molar-refractivity contribution in [2.75, 3.05) is 25.0 Å². The predicted molar refractivity (Wildman–Crippen MR) is 75.2 cm³/mol. The highest BCUT2D eigenvalue weighted by Crippen LogP contribution is 2.49. The van der Waals surface area contributed by atoms with Crippen LogP contribution in [-0.4, -0.2) is 36.2 Å². The molecule has 3 rings (SSSR count). The van der Waals surface area contributed by atoms with Crippen LogP contribution in [0.5, 0.6) is 0 Å². The van der Waals surface area contributed by atoms with Crippen molar-refractivity contribution in [3.8, 4) is 0 Å². The number of carbonyl (C=O) groups excluding carboxylic acids is 1. The summed E-state index contributed by atoms with van der Waals surface area (Å²) in [5.41, 5.74) is 2.19. The number of aromatic nitrogens is 2. The number of carbonyl (C=O) groups is 1. The van der Waals surface area contributed by atoms with Gasteiger partial charge in [0.25, 0.3) is 0 Å². The molecule has 0 unspecified atom stereocenters. The second kappa shape index (κ2) is 5.07. The minimum atomic E-state index is 0.225. The summed E-state index contributed by atoms with van der Waals surface area (Å²) >= 11 is 1.61. The fraction of sp³-hybridized carbons (Fsp3) is 0.769. The van der Waals surface area contributed by atoms with Gasteiger partial charge in [-0.3, -0.25) is 4.79 Å². The quantitative estimate of drug-likeness (QED) is 0.895. The maximum atomic E-state index is 11.8. The first-order valence-corrected chi connectivity index (χ1v) is 7.83. The van der Waals surface area contributed by atoms with E-state index in [1.165, 1.54) is 19.3 Å². The number of piperidine rings is 1. The summed E-state index contributed by atoms with van der Waals surface area (Å²) in [6.45, 7) is 2.10. The first-order chi connectivity index (χ1) is 9.22. The molecule has 1 N–H and O–H groups in total. The van der Waals surface area contributed by atoms with Gasteiger partial charge in [-0.1, -0.05) is 11.3 Å². The molecule has 1 aromatic heterocycles. The van der Waals surface area contributed by atoms with E-state index in [0.717, 1.165) is 31.1 Å². The summed E-state index contributed by atoms with van der Waals surface area (Å²) in [5.74, 6) is 0.460. The molecule has 6 heteroatoms. The minimum Gasteiger partial charge on any atom is -0.359 e. The third kappa shape index (κ3) is 2.45. The molecule has 19 heavy (non-hydrogen) atoms. The van der Waals surface area contributed by atoms with Gasteiger partial charge in [0, 0.05) is 26.1 Å². The Balaban J connectivity index is 1.60. The number of amides is 1. The number of nitrogens with zero attached hydrogens (tertiary/aromatic N) is 3. The molecule has 0 bridgehead atoms. The molecular formula is C13H20N4OS. The highest BCUT2D eigenvalue weighted by atomic mass is 32.1. The van der Waals surface area contributed by atoms with E-state index in [4.69, 9.17) is 0 Å². The van der Waals surface area contributed by atoms with Crippen molar-refractivity contribution < 1.29 is 4.79 Å². The van der Waals surface area contributed by atoms with Crippen LogP contribution in [0.25, 0.3) is 0 Å². The molecule has 1 aromatic rings. The van der Waals surface area contributed by atoms with Crippen LogP contribution >= 0.6 is 11.3 Å². The smallest absolute Gasteiger partial charge is 0.222 e. The third-order valence-corrected chi connectivity index (χ3v) is 5.51. The Bertz CT molecular complexity index is 440. The van der Waals surface area contributed by atoms with Gasteiger partial charge in [0.1, 0.15) is 5.51 Å². The van der Waals surface area contributed by atoms with Crippen LogP contribution in [0.2, 0.25) is 0 Å². The molecule has 1 aliphatic carbocycles. The second-order valence-electron chi connectivity index (χ2n) is 5.76.